The summed E-state index contributed by atoms with van der Waals surface area (Å²) in [6.07, 6.45) is -4.15. The first kappa shape index (κ1) is 27.4. The van der Waals surface area contributed by atoms with Crippen molar-refractivity contribution in [2.24, 2.45) is 0 Å². The summed E-state index contributed by atoms with van der Waals surface area (Å²) in [7, 11) is 0. The minimum Gasteiger partial charge on any atom is -0.487 e. The summed E-state index contributed by atoms with van der Waals surface area (Å²) < 4.78 is 50.9. The molecular formula is C24H21ClF4N2O4S. The number of carboxylic acids is 1. The molecule has 1 aliphatic rings. The van der Waals surface area contributed by atoms with E-state index >= 15 is 0 Å². The van der Waals surface area contributed by atoms with Crippen LogP contribution >= 0.6 is 22.9 Å². The minimum absolute atomic E-state index is 0.0409. The SMILES string of the molecule is O=C(Nc1ccc(OC2CCN(Cc3ccc(F)cc3)C2)c(Cl)c1)c1ccsc1.O=C(O)C(F)(F)F. The Morgan fingerprint density at radius 2 is 1.86 bits per heavy atom. The molecular weight excluding hydrogens is 524 g/mol. The zero-order valence-electron chi connectivity index (χ0n) is 18.6. The first-order chi connectivity index (χ1) is 17.0. The standard InChI is InChI=1S/C22H20ClFN2O2S.C2HF3O2/c23-20-11-18(25-22(27)16-8-10-29-14-16)5-6-21(20)28-19-7-9-26(13-19)12-15-1-3-17(24)4-2-15;3-2(4,5)1(6)7/h1-6,8,10-11,14,19H,7,9,12-13H2,(H,25,27);(H,6,7). The fraction of sp³-hybridized carbons (Fsp3) is 0.250. The number of hydrogen-bond acceptors (Lipinski definition) is 5. The molecule has 6 nitrogen and oxygen atoms in total. The van der Waals surface area contributed by atoms with Gasteiger partial charge in [0.1, 0.15) is 17.7 Å². The van der Waals surface area contributed by atoms with Gasteiger partial charge in [0.15, 0.2) is 0 Å². The van der Waals surface area contributed by atoms with Crippen molar-refractivity contribution in [2.75, 3.05) is 18.4 Å². The Labute approximate surface area is 213 Å². The van der Waals surface area contributed by atoms with Crippen LogP contribution in [-0.4, -0.2) is 47.3 Å². The van der Waals surface area contributed by atoms with Gasteiger partial charge in [-0.05, 0) is 53.8 Å². The maximum absolute atomic E-state index is 13.0. The third-order valence-corrected chi connectivity index (χ3v) is 6.04. The highest BCUT2D eigenvalue weighted by Gasteiger charge is 2.38. The lowest BCUT2D eigenvalue weighted by atomic mass is 10.2. The van der Waals surface area contributed by atoms with Crippen LogP contribution < -0.4 is 10.1 Å². The van der Waals surface area contributed by atoms with Gasteiger partial charge in [0.05, 0.1) is 10.6 Å². The van der Waals surface area contributed by atoms with Crippen molar-refractivity contribution in [3.05, 3.63) is 81.3 Å². The average Bonchev–Trinajstić information content (AvgIpc) is 3.50. The number of anilines is 1. The Bertz CT molecular complexity index is 1170. The van der Waals surface area contributed by atoms with Crippen molar-refractivity contribution in [3.8, 4) is 5.75 Å². The third kappa shape index (κ3) is 8.21. The largest absolute Gasteiger partial charge is 0.490 e. The molecule has 192 valence electrons. The van der Waals surface area contributed by atoms with Gasteiger partial charge in [-0.3, -0.25) is 9.69 Å². The molecule has 1 atom stereocenters. The number of ether oxygens (including phenoxy) is 1. The van der Waals surface area contributed by atoms with Gasteiger partial charge in [-0.25, -0.2) is 9.18 Å². The van der Waals surface area contributed by atoms with E-state index in [1.165, 1.54) is 23.5 Å². The van der Waals surface area contributed by atoms with E-state index in [0.29, 0.717) is 22.0 Å². The zero-order valence-corrected chi connectivity index (χ0v) is 20.2. The van der Waals surface area contributed by atoms with E-state index in [-0.39, 0.29) is 17.8 Å². The molecule has 1 amide bonds. The van der Waals surface area contributed by atoms with Gasteiger partial charge in [0, 0.05) is 30.7 Å². The highest BCUT2D eigenvalue weighted by atomic mass is 35.5. The van der Waals surface area contributed by atoms with Gasteiger partial charge in [-0.15, -0.1) is 0 Å². The summed E-state index contributed by atoms with van der Waals surface area (Å²) in [6, 6.07) is 13.6. The topological polar surface area (TPSA) is 78.9 Å². The van der Waals surface area contributed by atoms with Gasteiger partial charge < -0.3 is 15.2 Å². The van der Waals surface area contributed by atoms with Crippen LogP contribution in [0.2, 0.25) is 5.02 Å². The van der Waals surface area contributed by atoms with Gasteiger partial charge in [-0.2, -0.15) is 24.5 Å². The summed E-state index contributed by atoms with van der Waals surface area (Å²) in [6.45, 7) is 2.46. The number of benzene rings is 2. The summed E-state index contributed by atoms with van der Waals surface area (Å²) in [4.78, 5) is 23.3. The molecule has 12 heteroatoms. The van der Waals surface area contributed by atoms with Crippen LogP contribution in [0, 0.1) is 5.82 Å². The molecule has 2 aromatic carbocycles. The number of carbonyl (C=O) groups excluding carboxylic acids is 1. The second-order valence-electron chi connectivity index (χ2n) is 7.80. The number of amides is 1. The number of alkyl halides is 3. The molecule has 2 heterocycles. The van der Waals surface area contributed by atoms with E-state index in [1.807, 2.05) is 17.5 Å². The Hall–Kier alpha value is -3.15. The Morgan fingerprint density at radius 3 is 2.44 bits per heavy atom. The molecule has 4 rings (SSSR count). The van der Waals surface area contributed by atoms with E-state index in [9.17, 15) is 22.4 Å². The van der Waals surface area contributed by atoms with E-state index in [1.54, 1.807) is 29.6 Å². The van der Waals surface area contributed by atoms with Crippen LogP contribution in [0.15, 0.2) is 59.3 Å². The van der Waals surface area contributed by atoms with Gasteiger partial charge in [0.25, 0.3) is 5.91 Å². The molecule has 1 saturated heterocycles. The monoisotopic (exact) mass is 544 g/mol. The lowest BCUT2D eigenvalue weighted by Crippen LogP contribution is -2.24. The molecule has 0 aliphatic carbocycles. The normalized spacial score (nSPS) is 15.6. The van der Waals surface area contributed by atoms with Gasteiger partial charge >= 0.3 is 12.1 Å². The quantitative estimate of drug-likeness (QED) is 0.368. The van der Waals surface area contributed by atoms with Gasteiger partial charge in [-0.1, -0.05) is 23.7 Å². The number of aliphatic carboxylic acids is 1. The van der Waals surface area contributed by atoms with Crippen molar-refractivity contribution in [1.29, 1.82) is 0 Å². The van der Waals surface area contributed by atoms with Crippen molar-refractivity contribution in [1.82, 2.24) is 4.90 Å². The lowest BCUT2D eigenvalue weighted by molar-refractivity contribution is -0.192. The number of carboxylic acid groups (broad SMARTS) is 1. The van der Waals surface area contributed by atoms with Crippen molar-refractivity contribution < 1.29 is 37.0 Å². The number of carbonyl (C=O) groups is 2. The number of likely N-dealkylation sites (tertiary alicyclic amines) is 1. The van der Waals surface area contributed by atoms with Crippen LogP contribution in [0.5, 0.6) is 5.75 Å². The number of halogens is 5. The molecule has 1 aromatic heterocycles. The van der Waals surface area contributed by atoms with Gasteiger partial charge in [0.2, 0.25) is 0 Å². The third-order valence-electron chi connectivity index (χ3n) is 5.06. The molecule has 0 saturated carbocycles. The second kappa shape index (κ2) is 12.2. The summed E-state index contributed by atoms with van der Waals surface area (Å²) >= 11 is 7.85. The molecule has 1 unspecified atom stereocenters. The summed E-state index contributed by atoms with van der Waals surface area (Å²) in [5.74, 6) is -2.54. The first-order valence-electron chi connectivity index (χ1n) is 10.6. The van der Waals surface area contributed by atoms with E-state index in [4.69, 9.17) is 26.2 Å². The number of rotatable bonds is 6. The second-order valence-corrected chi connectivity index (χ2v) is 8.99. The summed E-state index contributed by atoms with van der Waals surface area (Å²) in [5, 5.41) is 14.1. The maximum atomic E-state index is 13.0. The van der Waals surface area contributed by atoms with Crippen molar-refractivity contribution >= 4 is 40.5 Å². The van der Waals surface area contributed by atoms with E-state index in [2.05, 4.69) is 10.2 Å². The molecule has 0 radical (unpaired) electrons. The molecule has 2 N–H and O–H groups in total. The number of nitrogens with zero attached hydrogens (tertiary/aromatic N) is 1. The van der Waals surface area contributed by atoms with Crippen molar-refractivity contribution in [3.63, 3.8) is 0 Å². The molecule has 0 bridgehead atoms. The molecule has 0 spiro atoms. The maximum Gasteiger partial charge on any atom is 0.490 e. The lowest BCUT2D eigenvalue weighted by Gasteiger charge is -2.18. The molecule has 1 aliphatic heterocycles. The number of hydrogen-bond donors (Lipinski definition) is 2. The smallest absolute Gasteiger partial charge is 0.487 e. The highest BCUT2D eigenvalue weighted by molar-refractivity contribution is 7.08. The number of nitrogens with one attached hydrogen (secondary N) is 1. The predicted octanol–water partition coefficient (Wildman–Crippen LogP) is 6.08. The molecule has 3 aromatic rings. The van der Waals surface area contributed by atoms with Crippen LogP contribution in [0.4, 0.5) is 23.2 Å². The summed E-state index contributed by atoms with van der Waals surface area (Å²) in [5.41, 5.74) is 2.33. The predicted molar refractivity (Wildman–Crippen MR) is 128 cm³/mol. The Kier molecular flexibility index (Phi) is 9.30. The van der Waals surface area contributed by atoms with E-state index in [0.717, 1.165) is 31.6 Å². The van der Waals surface area contributed by atoms with E-state index < -0.39 is 12.1 Å². The fourth-order valence-corrected chi connectivity index (χ4v) is 4.20. The minimum atomic E-state index is -5.08. The molecule has 36 heavy (non-hydrogen) atoms. The zero-order chi connectivity index (χ0) is 26.3. The van der Waals surface area contributed by atoms with Crippen LogP contribution in [0.25, 0.3) is 0 Å². The Balaban J connectivity index is 0.000000454. The molecule has 1 fully saturated rings. The van der Waals surface area contributed by atoms with Crippen LogP contribution in [-0.2, 0) is 11.3 Å². The number of thiophene rings is 1. The Morgan fingerprint density at radius 1 is 1.17 bits per heavy atom. The highest BCUT2D eigenvalue weighted by Crippen LogP contribution is 2.30. The van der Waals surface area contributed by atoms with Crippen LogP contribution in [0.1, 0.15) is 22.3 Å². The van der Waals surface area contributed by atoms with Crippen molar-refractivity contribution in [2.45, 2.75) is 25.2 Å². The average molecular weight is 545 g/mol. The first-order valence-corrected chi connectivity index (χ1v) is 11.9. The van der Waals surface area contributed by atoms with Crippen LogP contribution in [0.3, 0.4) is 0 Å². The fourth-order valence-electron chi connectivity index (χ4n) is 3.34.